The Morgan fingerprint density at radius 2 is 2.32 bits per heavy atom. The van der Waals surface area contributed by atoms with Crippen molar-refractivity contribution in [2.45, 2.75) is 26.4 Å². The third-order valence-corrected chi connectivity index (χ3v) is 4.58. The van der Waals surface area contributed by atoms with E-state index in [1.807, 2.05) is 11.8 Å². The molecule has 1 aliphatic rings. The highest BCUT2D eigenvalue weighted by Crippen LogP contribution is 2.34. The lowest BCUT2D eigenvalue weighted by molar-refractivity contribution is -0.385. The summed E-state index contributed by atoms with van der Waals surface area (Å²) in [5.41, 5.74) is 0.560. The summed E-state index contributed by atoms with van der Waals surface area (Å²) < 4.78 is 0.628. The Hall–Kier alpha value is -1.21. The van der Waals surface area contributed by atoms with Gasteiger partial charge < -0.3 is 10.0 Å². The highest BCUT2D eigenvalue weighted by atomic mass is 79.9. The Morgan fingerprint density at radius 3 is 2.89 bits per heavy atom. The molecule has 1 fully saturated rings. The minimum Gasteiger partial charge on any atom is -0.391 e. The van der Waals surface area contributed by atoms with Crippen LogP contribution in [0.3, 0.4) is 0 Å². The number of halogens is 1. The van der Waals surface area contributed by atoms with Gasteiger partial charge in [0.15, 0.2) is 0 Å². The van der Waals surface area contributed by atoms with Crippen LogP contribution in [0.15, 0.2) is 10.7 Å². The average molecular weight is 330 g/mol. The topological polar surface area (TPSA) is 79.5 Å². The third-order valence-electron chi connectivity index (χ3n) is 3.63. The zero-order valence-electron chi connectivity index (χ0n) is 10.8. The smallest absolute Gasteiger partial charge is 0.291 e. The third kappa shape index (κ3) is 2.71. The van der Waals surface area contributed by atoms with Gasteiger partial charge in [0.05, 0.1) is 15.5 Å². The molecule has 19 heavy (non-hydrogen) atoms. The SMILES string of the molecule is Cc1c([N+](=O)[O-])cnc(N2CCC(C)C(O)C2)c1Br. The summed E-state index contributed by atoms with van der Waals surface area (Å²) in [7, 11) is 0. The largest absolute Gasteiger partial charge is 0.391 e. The number of pyridine rings is 1. The van der Waals surface area contributed by atoms with Crippen LogP contribution >= 0.6 is 15.9 Å². The van der Waals surface area contributed by atoms with Crippen LogP contribution in [0.4, 0.5) is 11.5 Å². The van der Waals surface area contributed by atoms with Gasteiger partial charge in [-0.1, -0.05) is 6.92 Å². The summed E-state index contributed by atoms with van der Waals surface area (Å²) in [5, 5.41) is 20.8. The van der Waals surface area contributed by atoms with E-state index in [0.29, 0.717) is 22.4 Å². The lowest BCUT2D eigenvalue weighted by Gasteiger charge is -2.35. The summed E-state index contributed by atoms with van der Waals surface area (Å²) in [6, 6.07) is 0. The number of hydrogen-bond acceptors (Lipinski definition) is 5. The van der Waals surface area contributed by atoms with Gasteiger partial charge in [0.1, 0.15) is 12.0 Å². The summed E-state index contributed by atoms with van der Waals surface area (Å²) in [6.07, 6.45) is 1.77. The van der Waals surface area contributed by atoms with Crippen LogP contribution in [-0.2, 0) is 0 Å². The zero-order chi connectivity index (χ0) is 14.2. The highest BCUT2D eigenvalue weighted by Gasteiger charge is 2.28. The Kier molecular flexibility index (Phi) is 4.05. The molecule has 6 nitrogen and oxygen atoms in total. The van der Waals surface area contributed by atoms with E-state index < -0.39 is 11.0 Å². The molecule has 0 saturated carbocycles. The molecule has 0 aromatic carbocycles. The quantitative estimate of drug-likeness (QED) is 0.665. The number of aliphatic hydroxyl groups is 1. The van der Waals surface area contributed by atoms with Crippen molar-refractivity contribution in [3.8, 4) is 0 Å². The van der Waals surface area contributed by atoms with Crippen molar-refractivity contribution < 1.29 is 10.0 Å². The van der Waals surface area contributed by atoms with Crippen LogP contribution in [0.5, 0.6) is 0 Å². The number of aromatic nitrogens is 1. The molecule has 1 aromatic rings. The first kappa shape index (κ1) is 14.2. The molecule has 2 unspecified atom stereocenters. The van der Waals surface area contributed by atoms with E-state index in [9.17, 15) is 15.2 Å². The van der Waals surface area contributed by atoms with Crippen LogP contribution in [0.2, 0.25) is 0 Å². The molecule has 7 heteroatoms. The van der Waals surface area contributed by atoms with Crippen LogP contribution in [0, 0.1) is 23.0 Å². The number of piperidine rings is 1. The Balaban J connectivity index is 2.31. The van der Waals surface area contributed by atoms with E-state index >= 15 is 0 Å². The maximum absolute atomic E-state index is 10.8. The minimum atomic E-state index is -0.440. The molecule has 0 spiro atoms. The van der Waals surface area contributed by atoms with Crippen molar-refractivity contribution in [1.82, 2.24) is 4.98 Å². The van der Waals surface area contributed by atoms with Gasteiger partial charge in [-0.25, -0.2) is 4.98 Å². The number of nitro groups is 1. The second-order valence-corrected chi connectivity index (χ2v) is 5.74. The van der Waals surface area contributed by atoms with Crippen LogP contribution in [0.25, 0.3) is 0 Å². The van der Waals surface area contributed by atoms with E-state index in [2.05, 4.69) is 20.9 Å². The van der Waals surface area contributed by atoms with Crippen molar-refractivity contribution in [3.63, 3.8) is 0 Å². The van der Waals surface area contributed by atoms with Gasteiger partial charge in [-0.2, -0.15) is 0 Å². The first-order valence-corrected chi connectivity index (χ1v) is 6.93. The van der Waals surface area contributed by atoms with Gasteiger partial charge in [0, 0.05) is 18.7 Å². The molecule has 104 valence electrons. The fraction of sp³-hybridized carbons (Fsp3) is 0.583. The average Bonchev–Trinajstić information content (AvgIpc) is 2.36. The predicted molar refractivity (Wildman–Crippen MR) is 75.3 cm³/mol. The molecule has 0 bridgehead atoms. The molecule has 2 atom stereocenters. The first-order chi connectivity index (χ1) is 8.91. The second kappa shape index (κ2) is 5.42. The van der Waals surface area contributed by atoms with E-state index in [-0.39, 0.29) is 11.6 Å². The molecule has 1 saturated heterocycles. The normalized spacial score (nSPS) is 23.5. The van der Waals surface area contributed by atoms with Crippen LogP contribution < -0.4 is 4.90 Å². The number of rotatable bonds is 2. The predicted octanol–water partition coefficient (Wildman–Crippen LogP) is 2.27. The molecule has 1 aliphatic heterocycles. The minimum absolute atomic E-state index is 0.00144. The molecule has 0 radical (unpaired) electrons. The maximum atomic E-state index is 10.8. The molecule has 2 rings (SSSR count). The van der Waals surface area contributed by atoms with E-state index in [1.54, 1.807) is 6.92 Å². The number of anilines is 1. The van der Waals surface area contributed by atoms with Gasteiger partial charge in [0.2, 0.25) is 0 Å². The van der Waals surface area contributed by atoms with Gasteiger partial charge in [0.25, 0.3) is 5.69 Å². The van der Waals surface area contributed by atoms with Crippen LogP contribution in [0.1, 0.15) is 18.9 Å². The van der Waals surface area contributed by atoms with Crippen molar-refractivity contribution in [2.75, 3.05) is 18.0 Å². The molecular formula is C12H16BrN3O3. The number of β-amino-alcohol motifs (C(OH)–C–C–N with tert-alkyl or cyclic N) is 1. The lowest BCUT2D eigenvalue weighted by atomic mass is 9.96. The zero-order valence-corrected chi connectivity index (χ0v) is 12.4. The molecular weight excluding hydrogens is 314 g/mol. The van der Waals surface area contributed by atoms with E-state index in [4.69, 9.17) is 0 Å². The van der Waals surface area contributed by atoms with Crippen molar-refractivity contribution in [3.05, 3.63) is 26.3 Å². The molecule has 1 aromatic heterocycles. The van der Waals surface area contributed by atoms with Gasteiger partial charge >= 0.3 is 0 Å². The van der Waals surface area contributed by atoms with Gasteiger partial charge in [-0.15, -0.1) is 0 Å². The summed E-state index contributed by atoms with van der Waals surface area (Å²) in [6.45, 7) is 5.01. The second-order valence-electron chi connectivity index (χ2n) is 4.94. The molecule has 0 aliphatic carbocycles. The summed E-state index contributed by atoms with van der Waals surface area (Å²) in [5.74, 6) is 0.934. The molecule has 2 heterocycles. The van der Waals surface area contributed by atoms with E-state index in [1.165, 1.54) is 6.20 Å². The molecule has 1 N–H and O–H groups in total. The highest BCUT2D eigenvalue weighted by molar-refractivity contribution is 9.10. The summed E-state index contributed by atoms with van der Waals surface area (Å²) >= 11 is 3.38. The fourth-order valence-electron chi connectivity index (χ4n) is 2.20. The Bertz CT molecular complexity index is 509. The molecule has 0 amide bonds. The van der Waals surface area contributed by atoms with Crippen molar-refractivity contribution in [1.29, 1.82) is 0 Å². The Morgan fingerprint density at radius 1 is 1.63 bits per heavy atom. The standard InChI is InChI=1S/C12H16BrN3O3/c1-7-3-4-15(6-10(7)17)12-11(13)8(2)9(5-14-12)16(18)19/h5,7,10,17H,3-4,6H2,1-2H3. The Labute approximate surface area is 119 Å². The fourth-order valence-corrected chi connectivity index (χ4v) is 2.76. The number of nitrogens with zero attached hydrogens (tertiary/aromatic N) is 3. The summed E-state index contributed by atoms with van der Waals surface area (Å²) in [4.78, 5) is 16.5. The van der Waals surface area contributed by atoms with Crippen molar-refractivity contribution >= 4 is 27.4 Å². The maximum Gasteiger partial charge on any atom is 0.291 e. The van der Waals surface area contributed by atoms with Crippen molar-refractivity contribution in [2.24, 2.45) is 5.92 Å². The van der Waals surface area contributed by atoms with Gasteiger partial charge in [-0.05, 0) is 35.2 Å². The number of hydrogen-bond donors (Lipinski definition) is 1. The monoisotopic (exact) mass is 329 g/mol. The van der Waals surface area contributed by atoms with Crippen LogP contribution in [-0.4, -0.2) is 34.2 Å². The lowest BCUT2D eigenvalue weighted by Crippen LogP contribution is -2.43. The van der Waals surface area contributed by atoms with Gasteiger partial charge in [-0.3, -0.25) is 10.1 Å². The van der Waals surface area contributed by atoms with E-state index in [0.717, 1.165) is 13.0 Å². The number of aliphatic hydroxyl groups excluding tert-OH is 1. The first-order valence-electron chi connectivity index (χ1n) is 6.14.